The van der Waals surface area contributed by atoms with E-state index in [1.165, 1.54) is 0 Å². The molecule has 0 aromatic heterocycles. The molecule has 1 aliphatic carbocycles. The molecule has 30 heavy (non-hydrogen) atoms. The van der Waals surface area contributed by atoms with Crippen molar-refractivity contribution in [1.82, 2.24) is 15.1 Å². The van der Waals surface area contributed by atoms with Gasteiger partial charge >= 0.3 is 6.03 Å². The standard InChI is InChI=1S/C22H30N4O4/c1-16(26-20(28)22(23-21(26)29)9-5-6-10-22)19(27)24(2)15-17-7-3-4-8-18(17)25-11-13-30-14-12-25/h3-4,7-8,16H,5-6,9-15H2,1-2H3,(H,23,29). The van der Waals surface area contributed by atoms with Crippen molar-refractivity contribution in [2.24, 2.45) is 0 Å². The largest absolute Gasteiger partial charge is 0.378 e. The highest BCUT2D eigenvalue weighted by molar-refractivity contribution is 6.09. The third-order valence-electron chi connectivity index (χ3n) is 6.52. The van der Waals surface area contributed by atoms with E-state index in [2.05, 4.69) is 16.3 Å². The molecule has 4 rings (SSSR count). The van der Waals surface area contributed by atoms with Crippen LogP contribution in [0.15, 0.2) is 24.3 Å². The maximum absolute atomic E-state index is 13.1. The second kappa shape index (κ2) is 8.26. The monoisotopic (exact) mass is 414 g/mol. The van der Waals surface area contributed by atoms with Crippen LogP contribution in [0.3, 0.4) is 0 Å². The van der Waals surface area contributed by atoms with Gasteiger partial charge in [0.25, 0.3) is 5.91 Å². The highest BCUT2D eigenvalue weighted by atomic mass is 16.5. The van der Waals surface area contributed by atoms with Crippen LogP contribution in [0.25, 0.3) is 0 Å². The van der Waals surface area contributed by atoms with E-state index in [1.807, 2.05) is 18.2 Å². The van der Waals surface area contributed by atoms with Crippen LogP contribution >= 0.6 is 0 Å². The Morgan fingerprint density at radius 3 is 2.57 bits per heavy atom. The fourth-order valence-electron chi connectivity index (χ4n) is 4.83. The van der Waals surface area contributed by atoms with Crippen molar-refractivity contribution >= 4 is 23.5 Å². The molecule has 3 aliphatic rings. The lowest BCUT2D eigenvalue weighted by molar-refractivity contribution is -0.142. The molecule has 1 unspecified atom stereocenters. The zero-order valence-electron chi connectivity index (χ0n) is 17.7. The second-order valence-electron chi connectivity index (χ2n) is 8.49. The predicted molar refractivity (Wildman–Crippen MR) is 112 cm³/mol. The number of hydrogen-bond acceptors (Lipinski definition) is 5. The zero-order valence-corrected chi connectivity index (χ0v) is 17.7. The van der Waals surface area contributed by atoms with Gasteiger partial charge in [-0.15, -0.1) is 0 Å². The Balaban J connectivity index is 1.47. The summed E-state index contributed by atoms with van der Waals surface area (Å²) in [6, 6.07) is 6.74. The molecule has 1 aromatic rings. The first-order chi connectivity index (χ1) is 14.4. The van der Waals surface area contributed by atoms with E-state index in [0.29, 0.717) is 32.6 Å². The number of imide groups is 1. The number of urea groups is 1. The van der Waals surface area contributed by atoms with Gasteiger partial charge in [0.1, 0.15) is 11.6 Å². The molecule has 4 amide bonds. The van der Waals surface area contributed by atoms with Gasteiger partial charge in [0.15, 0.2) is 0 Å². The molecule has 8 heteroatoms. The first-order valence-electron chi connectivity index (χ1n) is 10.7. The fraction of sp³-hybridized carbons (Fsp3) is 0.591. The van der Waals surface area contributed by atoms with Crippen LogP contribution in [0.4, 0.5) is 10.5 Å². The van der Waals surface area contributed by atoms with Crippen molar-refractivity contribution in [3.8, 4) is 0 Å². The Morgan fingerprint density at radius 2 is 1.87 bits per heavy atom. The van der Waals surface area contributed by atoms with Crippen molar-refractivity contribution in [1.29, 1.82) is 0 Å². The van der Waals surface area contributed by atoms with E-state index in [9.17, 15) is 14.4 Å². The van der Waals surface area contributed by atoms with Gasteiger partial charge in [-0.05, 0) is 31.4 Å². The van der Waals surface area contributed by atoms with E-state index in [4.69, 9.17) is 4.74 Å². The number of nitrogens with zero attached hydrogens (tertiary/aromatic N) is 3. The molecule has 8 nitrogen and oxygen atoms in total. The number of nitrogens with one attached hydrogen (secondary N) is 1. The van der Waals surface area contributed by atoms with E-state index in [0.717, 1.165) is 42.1 Å². The molecule has 162 valence electrons. The van der Waals surface area contributed by atoms with E-state index < -0.39 is 17.6 Å². The lowest BCUT2D eigenvalue weighted by Gasteiger charge is -2.32. The maximum Gasteiger partial charge on any atom is 0.325 e. The molecule has 1 N–H and O–H groups in total. The van der Waals surface area contributed by atoms with Crippen LogP contribution in [0.1, 0.15) is 38.2 Å². The summed E-state index contributed by atoms with van der Waals surface area (Å²) in [7, 11) is 1.72. The van der Waals surface area contributed by atoms with Crippen LogP contribution in [-0.4, -0.2) is 72.6 Å². The number of morpholine rings is 1. The highest BCUT2D eigenvalue weighted by Crippen LogP contribution is 2.36. The van der Waals surface area contributed by atoms with Crippen LogP contribution in [0.2, 0.25) is 0 Å². The topological polar surface area (TPSA) is 82.2 Å². The number of ether oxygens (including phenoxy) is 1. The summed E-state index contributed by atoms with van der Waals surface area (Å²) in [5.74, 6) is -0.502. The van der Waals surface area contributed by atoms with Crippen molar-refractivity contribution < 1.29 is 19.1 Å². The first kappa shape index (κ1) is 20.7. The van der Waals surface area contributed by atoms with E-state index in [-0.39, 0.29) is 11.8 Å². The zero-order chi connectivity index (χ0) is 21.3. The minimum Gasteiger partial charge on any atom is -0.378 e. The SMILES string of the molecule is CC(C(=O)N(C)Cc1ccccc1N1CCOCC1)N1C(=O)NC2(CCCC2)C1=O. The van der Waals surface area contributed by atoms with Crippen LogP contribution in [-0.2, 0) is 20.9 Å². The molecular formula is C22H30N4O4. The third kappa shape index (κ3) is 3.64. The molecule has 2 saturated heterocycles. The number of carbonyl (C=O) groups excluding carboxylic acids is 3. The van der Waals surface area contributed by atoms with Gasteiger partial charge in [0, 0.05) is 32.4 Å². The summed E-state index contributed by atoms with van der Waals surface area (Å²) in [4.78, 5) is 43.6. The summed E-state index contributed by atoms with van der Waals surface area (Å²) >= 11 is 0. The Morgan fingerprint density at radius 1 is 1.20 bits per heavy atom. The van der Waals surface area contributed by atoms with Gasteiger partial charge in [-0.3, -0.25) is 9.59 Å². The summed E-state index contributed by atoms with van der Waals surface area (Å²) < 4.78 is 5.45. The molecule has 2 heterocycles. The number of hydrogen-bond donors (Lipinski definition) is 1. The van der Waals surface area contributed by atoms with E-state index in [1.54, 1.807) is 18.9 Å². The molecule has 1 atom stereocenters. The van der Waals surface area contributed by atoms with Crippen LogP contribution in [0.5, 0.6) is 0 Å². The number of carbonyl (C=O) groups is 3. The van der Waals surface area contributed by atoms with Gasteiger partial charge in [-0.1, -0.05) is 31.0 Å². The minimum atomic E-state index is -0.835. The number of rotatable bonds is 5. The normalized spacial score (nSPS) is 21.8. The fourth-order valence-corrected chi connectivity index (χ4v) is 4.83. The summed E-state index contributed by atoms with van der Waals surface area (Å²) in [6.45, 7) is 5.05. The average Bonchev–Trinajstić information content (AvgIpc) is 3.32. The molecule has 1 aromatic carbocycles. The first-order valence-corrected chi connectivity index (χ1v) is 10.7. The molecule has 3 fully saturated rings. The molecule has 1 spiro atoms. The summed E-state index contributed by atoms with van der Waals surface area (Å²) in [5, 5.41) is 2.85. The predicted octanol–water partition coefficient (Wildman–Crippen LogP) is 1.73. The minimum absolute atomic E-state index is 0.245. The Hall–Kier alpha value is -2.61. The number of para-hydroxylation sites is 1. The number of amides is 4. The van der Waals surface area contributed by atoms with Crippen LogP contribution < -0.4 is 10.2 Å². The number of benzene rings is 1. The molecule has 2 aliphatic heterocycles. The smallest absolute Gasteiger partial charge is 0.325 e. The molecule has 0 radical (unpaired) electrons. The lowest BCUT2D eigenvalue weighted by Crippen LogP contribution is -2.50. The van der Waals surface area contributed by atoms with Gasteiger partial charge in [0.05, 0.1) is 13.2 Å². The van der Waals surface area contributed by atoms with Crippen molar-refractivity contribution in [2.75, 3.05) is 38.3 Å². The summed E-state index contributed by atoms with van der Waals surface area (Å²) in [6.07, 6.45) is 3.14. The third-order valence-corrected chi connectivity index (χ3v) is 6.52. The van der Waals surface area contributed by atoms with Gasteiger partial charge in [-0.2, -0.15) is 0 Å². The number of likely N-dealkylation sites (N-methyl/N-ethyl adjacent to an activating group) is 1. The van der Waals surface area contributed by atoms with Gasteiger partial charge in [-0.25, -0.2) is 9.69 Å². The van der Waals surface area contributed by atoms with Crippen molar-refractivity contribution in [3.63, 3.8) is 0 Å². The average molecular weight is 415 g/mol. The van der Waals surface area contributed by atoms with Crippen molar-refractivity contribution in [3.05, 3.63) is 29.8 Å². The Bertz CT molecular complexity index is 830. The quantitative estimate of drug-likeness (QED) is 0.742. The van der Waals surface area contributed by atoms with Gasteiger partial charge < -0.3 is 19.9 Å². The molecular weight excluding hydrogens is 384 g/mol. The summed E-state index contributed by atoms with van der Waals surface area (Å²) in [5.41, 5.74) is 1.33. The highest BCUT2D eigenvalue weighted by Gasteiger charge is 2.54. The lowest BCUT2D eigenvalue weighted by atomic mass is 9.97. The Kier molecular flexibility index (Phi) is 5.69. The van der Waals surface area contributed by atoms with Gasteiger partial charge in [0.2, 0.25) is 5.91 Å². The van der Waals surface area contributed by atoms with Crippen LogP contribution in [0, 0.1) is 0 Å². The molecule has 1 saturated carbocycles. The number of anilines is 1. The Labute approximate surface area is 177 Å². The second-order valence-corrected chi connectivity index (χ2v) is 8.49. The molecule has 0 bridgehead atoms. The van der Waals surface area contributed by atoms with Crippen molar-refractivity contribution in [2.45, 2.75) is 50.7 Å². The van der Waals surface area contributed by atoms with E-state index >= 15 is 0 Å². The maximum atomic E-state index is 13.1.